The number of aromatic nitrogens is 1. The molecule has 1 aromatic heterocycles. The van der Waals surface area contributed by atoms with Gasteiger partial charge >= 0.3 is 0 Å². The molecule has 3 rings (SSSR count). The third kappa shape index (κ3) is 3.19. The largest absolute Gasteiger partial charge is 0.497 e. The van der Waals surface area contributed by atoms with Gasteiger partial charge in [0.1, 0.15) is 18.1 Å². The Balaban J connectivity index is 1.91. The first kappa shape index (κ1) is 15.5. The van der Waals surface area contributed by atoms with Gasteiger partial charge in [0, 0.05) is 23.0 Å². The van der Waals surface area contributed by atoms with E-state index in [1.54, 1.807) is 7.11 Å². The summed E-state index contributed by atoms with van der Waals surface area (Å²) < 4.78 is 13.6. The van der Waals surface area contributed by atoms with Crippen LogP contribution in [0.5, 0.6) is 11.5 Å². The van der Waals surface area contributed by atoms with Gasteiger partial charge in [0.25, 0.3) is 0 Å². The molecule has 0 radical (unpaired) electrons. The first-order chi connectivity index (χ1) is 11.1. The molecule has 0 atom stereocenters. The molecule has 0 fully saturated rings. The molecule has 0 unspecified atom stereocenters. The minimum Gasteiger partial charge on any atom is -0.497 e. The molecule has 2 aromatic carbocycles. The van der Waals surface area contributed by atoms with Gasteiger partial charge in [0.15, 0.2) is 0 Å². The molecule has 0 aliphatic heterocycles. The Labute approximate surface area is 137 Å². The number of hydrogen-bond donors (Lipinski definition) is 0. The Bertz CT molecular complexity index is 818. The Morgan fingerprint density at radius 1 is 1.00 bits per heavy atom. The predicted molar refractivity (Wildman–Crippen MR) is 94.4 cm³/mol. The van der Waals surface area contributed by atoms with Crippen LogP contribution in [-0.4, -0.2) is 11.7 Å². The molecule has 0 spiro atoms. The molecular weight excluding hydrogens is 286 g/mol. The maximum atomic E-state index is 5.98. The third-order valence-electron chi connectivity index (χ3n) is 4.02. The van der Waals surface area contributed by atoms with Gasteiger partial charge in [-0.25, -0.2) is 0 Å². The summed E-state index contributed by atoms with van der Waals surface area (Å²) in [5.74, 6) is 1.63. The number of methoxy groups -OCH3 is 1. The van der Waals surface area contributed by atoms with E-state index in [0.717, 1.165) is 11.5 Å². The number of fused-ring (bicyclic) bond motifs is 1. The van der Waals surface area contributed by atoms with Crippen molar-refractivity contribution >= 4 is 10.9 Å². The van der Waals surface area contributed by atoms with Crippen LogP contribution in [0.25, 0.3) is 10.9 Å². The van der Waals surface area contributed by atoms with Crippen molar-refractivity contribution in [1.29, 1.82) is 0 Å². The van der Waals surface area contributed by atoms with Crippen LogP contribution in [-0.2, 0) is 6.61 Å². The predicted octanol–water partition coefficient (Wildman–Crippen LogP) is 5.12. The van der Waals surface area contributed by atoms with E-state index in [1.165, 1.54) is 22.2 Å². The standard InChI is InChI=1S/C20H23NO2/c1-14(2)21-17(11-16-9-8-15(3)10-20(16)21)13-23-19-7-5-6-18(12-19)22-4/h5-12,14H,13H2,1-4H3. The minimum atomic E-state index is 0.387. The van der Waals surface area contributed by atoms with E-state index in [-0.39, 0.29) is 0 Å². The maximum Gasteiger partial charge on any atom is 0.128 e. The highest BCUT2D eigenvalue weighted by Crippen LogP contribution is 2.27. The van der Waals surface area contributed by atoms with Crippen LogP contribution >= 0.6 is 0 Å². The summed E-state index contributed by atoms with van der Waals surface area (Å²) in [6.07, 6.45) is 0. The lowest BCUT2D eigenvalue weighted by molar-refractivity contribution is 0.291. The molecule has 0 aliphatic rings. The van der Waals surface area contributed by atoms with Crippen LogP contribution in [0.4, 0.5) is 0 Å². The van der Waals surface area contributed by atoms with Gasteiger partial charge < -0.3 is 14.0 Å². The van der Waals surface area contributed by atoms with E-state index in [1.807, 2.05) is 24.3 Å². The molecule has 1 heterocycles. The van der Waals surface area contributed by atoms with E-state index in [0.29, 0.717) is 12.6 Å². The molecular formula is C20H23NO2. The minimum absolute atomic E-state index is 0.387. The zero-order valence-electron chi connectivity index (χ0n) is 14.2. The van der Waals surface area contributed by atoms with Crippen LogP contribution in [0.1, 0.15) is 31.1 Å². The Morgan fingerprint density at radius 2 is 1.78 bits per heavy atom. The van der Waals surface area contributed by atoms with Gasteiger partial charge in [-0.2, -0.15) is 0 Å². The van der Waals surface area contributed by atoms with Crippen LogP contribution in [0.3, 0.4) is 0 Å². The van der Waals surface area contributed by atoms with Crippen molar-refractivity contribution in [3.8, 4) is 11.5 Å². The number of benzene rings is 2. The second kappa shape index (κ2) is 6.37. The highest BCUT2D eigenvalue weighted by atomic mass is 16.5. The topological polar surface area (TPSA) is 23.4 Å². The van der Waals surface area contributed by atoms with Crippen molar-refractivity contribution in [2.24, 2.45) is 0 Å². The molecule has 3 aromatic rings. The summed E-state index contributed by atoms with van der Waals surface area (Å²) >= 11 is 0. The lowest BCUT2D eigenvalue weighted by atomic mass is 10.2. The fraction of sp³-hybridized carbons (Fsp3) is 0.300. The van der Waals surface area contributed by atoms with Crippen molar-refractivity contribution in [2.75, 3.05) is 7.11 Å². The molecule has 120 valence electrons. The third-order valence-corrected chi connectivity index (χ3v) is 4.02. The van der Waals surface area contributed by atoms with Gasteiger partial charge in [-0.1, -0.05) is 18.2 Å². The zero-order chi connectivity index (χ0) is 16.4. The van der Waals surface area contributed by atoms with Crippen molar-refractivity contribution in [3.63, 3.8) is 0 Å². The summed E-state index contributed by atoms with van der Waals surface area (Å²) in [7, 11) is 1.66. The summed E-state index contributed by atoms with van der Waals surface area (Å²) in [6.45, 7) is 7.08. The Morgan fingerprint density at radius 3 is 2.52 bits per heavy atom. The lowest BCUT2D eigenvalue weighted by Crippen LogP contribution is -2.08. The van der Waals surface area contributed by atoms with E-state index in [2.05, 4.69) is 49.6 Å². The Hall–Kier alpha value is -2.42. The van der Waals surface area contributed by atoms with Gasteiger partial charge in [-0.15, -0.1) is 0 Å². The first-order valence-electron chi connectivity index (χ1n) is 7.96. The van der Waals surface area contributed by atoms with E-state index >= 15 is 0 Å². The van der Waals surface area contributed by atoms with Gasteiger partial charge in [0.05, 0.1) is 12.8 Å². The second-order valence-corrected chi connectivity index (χ2v) is 6.13. The summed E-state index contributed by atoms with van der Waals surface area (Å²) in [5.41, 5.74) is 3.73. The zero-order valence-corrected chi connectivity index (χ0v) is 14.2. The first-order valence-corrected chi connectivity index (χ1v) is 7.96. The van der Waals surface area contributed by atoms with E-state index in [9.17, 15) is 0 Å². The molecule has 3 heteroatoms. The second-order valence-electron chi connectivity index (χ2n) is 6.13. The van der Waals surface area contributed by atoms with E-state index in [4.69, 9.17) is 9.47 Å². The smallest absolute Gasteiger partial charge is 0.128 e. The molecule has 23 heavy (non-hydrogen) atoms. The van der Waals surface area contributed by atoms with Crippen LogP contribution in [0.15, 0.2) is 48.5 Å². The molecule has 3 nitrogen and oxygen atoms in total. The van der Waals surface area contributed by atoms with Crippen molar-refractivity contribution in [3.05, 3.63) is 59.8 Å². The van der Waals surface area contributed by atoms with Gasteiger partial charge in [0.2, 0.25) is 0 Å². The van der Waals surface area contributed by atoms with Gasteiger partial charge in [-0.3, -0.25) is 0 Å². The molecule has 0 N–H and O–H groups in total. The van der Waals surface area contributed by atoms with Crippen molar-refractivity contribution < 1.29 is 9.47 Å². The highest BCUT2D eigenvalue weighted by molar-refractivity contribution is 5.82. The van der Waals surface area contributed by atoms with Crippen LogP contribution in [0.2, 0.25) is 0 Å². The van der Waals surface area contributed by atoms with Crippen molar-refractivity contribution in [1.82, 2.24) is 4.57 Å². The average Bonchev–Trinajstić information content (AvgIpc) is 2.90. The lowest BCUT2D eigenvalue weighted by Gasteiger charge is -2.15. The average molecular weight is 309 g/mol. The van der Waals surface area contributed by atoms with Gasteiger partial charge in [-0.05, 0) is 50.6 Å². The molecule has 0 bridgehead atoms. The summed E-state index contributed by atoms with van der Waals surface area (Å²) in [6, 6.07) is 16.9. The number of aryl methyl sites for hydroxylation is 1. The molecule has 0 aliphatic carbocycles. The van der Waals surface area contributed by atoms with E-state index < -0.39 is 0 Å². The van der Waals surface area contributed by atoms with Crippen molar-refractivity contribution in [2.45, 2.75) is 33.4 Å². The molecule has 0 saturated carbocycles. The number of rotatable bonds is 5. The molecule has 0 saturated heterocycles. The molecule has 0 amide bonds. The maximum absolute atomic E-state index is 5.98. The summed E-state index contributed by atoms with van der Waals surface area (Å²) in [4.78, 5) is 0. The number of nitrogens with zero attached hydrogens (tertiary/aromatic N) is 1. The monoisotopic (exact) mass is 309 g/mol. The number of hydrogen-bond acceptors (Lipinski definition) is 2. The summed E-state index contributed by atoms with van der Waals surface area (Å²) in [5, 5.41) is 1.26. The highest BCUT2D eigenvalue weighted by Gasteiger charge is 2.12. The van der Waals surface area contributed by atoms with Crippen LogP contribution < -0.4 is 9.47 Å². The van der Waals surface area contributed by atoms with Crippen LogP contribution in [0, 0.1) is 6.92 Å². The fourth-order valence-corrected chi connectivity index (χ4v) is 2.96. The normalized spacial score (nSPS) is 11.2. The Kier molecular flexibility index (Phi) is 4.28. The SMILES string of the molecule is COc1cccc(OCc2cc3ccc(C)cc3n2C(C)C)c1. The quantitative estimate of drug-likeness (QED) is 0.653. The number of ether oxygens (including phenoxy) is 2. The fourth-order valence-electron chi connectivity index (χ4n) is 2.96.